The second kappa shape index (κ2) is 7.11. The number of carbonyl (C=O) groups is 2. The van der Waals surface area contributed by atoms with Gasteiger partial charge in [-0.1, -0.05) is 17.7 Å². The Balaban J connectivity index is 3.10. The van der Waals surface area contributed by atoms with Gasteiger partial charge in [-0.15, -0.1) is 0 Å². The summed E-state index contributed by atoms with van der Waals surface area (Å²) in [6.07, 6.45) is -1.53. The monoisotopic (exact) mass is 336 g/mol. The molecule has 134 valence electrons. The maximum absolute atomic E-state index is 12.4. The van der Waals surface area contributed by atoms with Gasteiger partial charge >= 0.3 is 12.2 Å². The maximum atomic E-state index is 12.4. The first-order valence-corrected chi connectivity index (χ1v) is 7.87. The van der Waals surface area contributed by atoms with E-state index in [4.69, 9.17) is 15.2 Å². The largest absolute Gasteiger partial charge is 0.443 e. The van der Waals surface area contributed by atoms with E-state index >= 15 is 0 Å². The van der Waals surface area contributed by atoms with Crippen LogP contribution in [0.25, 0.3) is 0 Å². The molecular weight excluding hydrogens is 308 g/mol. The average Bonchev–Trinajstić information content (AvgIpc) is 2.35. The molecule has 2 amide bonds. The van der Waals surface area contributed by atoms with Crippen LogP contribution in [-0.2, 0) is 16.0 Å². The van der Waals surface area contributed by atoms with Gasteiger partial charge in [0.25, 0.3) is 0 Å². The lowest BCUT2D eigenvalue weighted by Crippen LogP contribution is -2.43. The number of hydrogen-bond acceptors (Lipinski definition) is 5. The number of nitrogen functional groups attached to an aromatic ring is 1. The molecule has 24 heavy (non-hydrogen) atoms. The molecule has 0 radical (unpaired) electrons. The average molecular weight is 336 g/mol. The van der Waals surface area contributed by atoms with Gasteiger partial charge in [-0.3, -0.25) is 0 Å². The maximum Gasteiger partial charge on any atom is 0.420 e. The molecule has 0 aliphatic rings. The number of nitrogens with zero attached hydrogens (tertiary/aromatic N) is 1. The van der Waals surface area contributed by atoms with E-state index in [1.807, 2.05) is 19.1 Å². The molecule has 0 fully saturated rings. The van der Waals surface area contributed by atoms with E-state index in [2.05, 4.69) is 0 Å². The molecule has 0 aromatic heterocycles. The van der Waals surface area contributed by atoms with Crippen molar-refractivity contribution in [1.29, 1.82) is 0 Å². The van der Waals surface area contributed by atoms with E-state index in [0.717, 1.165) is 10.5 Å². The van der Waals surface area contributed by atoms with Crippen LogP contribution < -0.4 is 5.73 Å². The first-order valence-electron chi connectivity index (χ1n) is 7.87. The van der Waals surface area contributed by atoms with Gasteiger partial charge in [-0.2, -0.15) is 0 Å². The van der Waals surface area contributed by atoms with E-state index < -0.39 is 23.4 Å². The molecule has 0 bridgehead atoms. The van der Waals surface area contributed by atoms with Crippen molar-refractivity contribution in [2.45, 2.75) is 66.2 Å². The zero-order chi connectivity index (χ0) is 18.7. The summed E-state index contributed by atoms with van der Waals surface area (Å²) in [5.74, 6) is 0. The van der Waals surface area contributed by atoms with Crippen LogP contribution in [0.5, 0.6) is 0 Å². The van der Waals surface area contributed by atoms with Crippen LogP contribution >= 0.6 is 0 Å². The Morgan fingerprint density at radius 2 is 1.46 bits per heavy atom. The highest BCUT2D eigenvalue weighted by atomic mass is 16.6. The highest BCUT2D eigenvalue weighted by Gasteiger charge is 2.31. The Kier molecular flexibility index (Phi) is 5.87. The number of carbonyl (C=O) groups excluding carboxylic acids is 2. The van der Waals surface area contributed by atoms with E-state index in [-0.39, 0.29) is 6.54 Å². The van der Waals surface area contributed by atoms with Crippen LogP contribution in [-0.4, -0.2) is 28.3 Å². The summed E-state index contributed by atoms with van der Waals surface area (Å²) in [6, 6.07) is 5.44. The third-order valence-electron chi connectivity index (χ3n) is 2.85. The SMILES string of the molecule is Cc1ccc(N)c(CN(C(=O)OC(C)(C)C)C(=O)OC(C)(C)C)c1. The molecule has 0 saturated heterocycles. The standard InChI is InChI=1S/C18H28N2O4/c1-12-8-9-14(19)13(10-12)11-20(15(21)23-17(2,3)4)16(22)24-18(5,6)7/h8-10H,11,19H2,1-7H3. The molecule has 0 spiro atoms. The molecule has 1 aromatic rings. The van der Waals surface area contributed by atoms with Gasteiger partial charge in [-0.05, 0) is 60.1 Å². The van der Waals surface area contributed by atoms with Crippen LogP contribution in [0, 0.1) is 6.92 Å². The predicted octanol–water partition coefficient (Wildman–Crippen LogP) is 4.25. The second-order valence-corrected chi connectivity index (χ2v) is 7.75. The molecule has 0 aliphatic carbocycles. The summed E-state index contributed by atoms with van der Waals surface area (Å²) in [7, 11) is 0. The Labute approximate surface area is 143 Å². The lowest BCUT2D eigenvalue weighted by molar-refractivity contribution is -0.000201. The normalized spacial score (nSPS) is 11.8. The fraction of sp³-hybridized carbons (Fsp3) is 0.556. The van der Waals surface area contributed by atoms with Crippen molar-refractivity contribution < 1.29 is 19.1 Å². The minimum atomic E-state index is -0.766. The second-order valence-electron chi connectivity index (χ2n) is 7.75. The Bertz CT molecular complexity index is 584. The fourth-order valence-electron chi connectivity index (χ4n) is 1.88. The van der Waals surface area contributed by atoms with E-state index in [1.165, 1.54) is 0 Å². The predicted molar refractivity (Wildman–Crippen MR) is 93.6 cm³/mol. The number of benzene rings is 1. The molecule has 0 aliphatic heterocycles. The van der Waals surface area contributed by atoms with Crippen LogP contribution in [0.4, 0.5) is 15.3 Å². The van der Waals surface area contributed by atoms with E-state index in [1.54, 1.807) is 47.6 Å². The Hall–Kier alpha value is -2.24. The van der Waals surface area contributed by atoms with Crippen molar-refractivity contribution >= 4 is 17.9 Å². The van der Waals surface area contributed by atoms with Crippen molar-refractivity contribution in [3.63, 3.8) is 0 Å². The van der Waals surface area contributed by atoms with Crippen molar-refractivity contribution in [2.75, 3.05) is 5.73 Å². The first kappa shape index (κ1) is 19.8. The van der Waals surface area contributed by atoms with Gasteiger partial charge in [0.05, 0.1) is 6.54 Å². The third-order valence-corrected chi connectivity index (χ3v) is 2.85. The van der Waals surface area contributed by atoms with Crippen molar-refractivity contribution in [1.82, 2.24) is 4.90 Å². The third kappa shape index (κ3) is 6.48. The number of nitrogens with two attached hydrogens (primary N) is 1. The number of anilines is 1. The summed E-state index contributed by atoms with van der Waals surface area (Å²) in [5, 5.41) is 0. The first-order chi connectivity index (χ1) is 10.8. The van der Waals surface area contributed by atoms with Gasteiger partial charge in [0, 0.05) is 5.69 Å². The molecule has 1 aromatic carbocycles. The van der Waals surface area contributed by atoms with Gasteiger partial charge < -0.3 is 15.2 Å². The summed E-state index contributed by atoms with van der Waals surface area (Å²) in [5.41, 5.74) is 6.64. The molecule has 0 heterocycles. The number of imide groups is 1. The van der Waals surface area contributed by atoms with Gasteiger partial charge in [0.15, 0.2) is 0 Å². The zero-order valence-corrected chi connectivity index (χ0v) is 15.6. The summed E-state index contributed by atoms with van der Waals surface area (Å²) < 4.78 is 10.6. The zero-order valence-electron chi connectivity index (χ0n) is 15.6. The summed E-state index contributed by atoms with van der Waals surface area (Å²) in [4.78, 5) is 25.8. The molecule has 0 atom stereocenters. The molecule has 0 saturated carbocycles. The van der Waals surface area contributed by atoms with Gasteiger partial charge in [0.2, 0.25) is 0 Å². The summed E-state index contributed by atoms with van der Waals surface area (Å²) in [6.45, 7) is 12.3. The molecule has 0 unspecified atom stereocenters. The van der Waals surface area contributed by atoms with Gasteiger partial charge in [0.1, 0.15) is 11.2 Å². The molecular formula is C18H28N2O4. The quantitative estimate of drug-likeness (QED) is 0.816. The number of amides is 2. The smallest absolute Gasteiger partial charge is 0.420 e. The van der Waals surface area contributed by atoms with Crippen molar-refractivity contribution in [3.8, 4) is 0 Å². The van der Waals surface area contributed by atoms with Crippen LogP contribution in [0.3, 0.4) is 0 Å². The van der Waals surface area contributed by atoms with Crippen LogP contribution in [0.1, 0.15) is 52.7 Å². The summed E-state index contributed by atoms with van der Waals surface area (Å²) >= 11 is 0. The molecule has 2 N–H and O–H groups in total. The highest BCUT2D eigenvalue weighted by molar-refractivity contribution is 5.88. The number of hydrogen-bond donors (Lipinski definition) is 1. The molecule has 1 rings (SSSR count). The van der Waals surface area contributed by atoms with E-state index in [0.29, 0.717) is 11.3 Å². The van der Waals surface area contributed by atoms with Crippen molar-refractivity contribution in [3.05, 3.63) is 29.3 Å². The lowest BCUT2D eigenvalue weighted by atomic mass is 10.1. The number of rotatable bonds is 2. The lowest BCUT2D eigenvalue weighted by Gasteiger charge is -2.29. The topological polar surface area (TPSA) is 81.9 Å². The van der Waals surface area contributed by atoms with Crippen LogP contribution in [0.15, 0.2) is 18.2 Å². The van der Waals surface area contributed by atoms with E-state index in [9.17, 15) is 9.59 Å². The Morgan fingerprint density at radius 1 is 1.00 bits per heavy atom. The van der Waals surface area contributed by atoms with Crippen LogP contribution in [0.2, 0.25) is 0 Å². The minimum absolute atomic E-state index is 0.0165. The molecule has 6 nitrogen and oxygen atoms in total. The fourth-order valence-corrected chi connectivity index (χ4v) is 1.88. The highest BCUT2D eigenvalue weighted by Crippen LogP contribution is 2.20. The Morgan fingerprint density at radius 3 is 1.88 bits per heavy atom. The molecule has 6 heteroatoms. The van der Waals surface area contributed by atoms with Crippen molar-refractivity contribution in [2.24, 2.45) is 0 Å². The minimum Gasteiger partial charge on any atom is -0.443 e. The number of aryl methyl sites for hydroxylation is 1. The van der Waals surface area contributed by atoms with Gasteiger partial charge in [-0.25, -0.2) is 14.5 Å². The number of ether oxygens (including phenoxy) is 2.